The molecule has 19 heavy (non-hydrogen) atoms. The van der Waals surface area contributed by atoms with Crippen molar-refractivity contribution < 1.29 is 18.4 Å². The largest absolute Gasteiger partial charge is 0.462 e. The molecule has 0 saturated carbocycles. The first-order valence-corrected chi connectivity index (χ1v) is 8.10. The third-order valence-corrected chi connectivity index (χ3v) is 4.97. The Bertz CT molecular complexity index is 368. The minimum Gasteiger partial charge on any atom is -0.462 e. The van der Waals surface area contributed by atoms with Crippen LogP contribution in [0.3, 0.4) is 0 Å². The van der Waals surface area contributed by atoms with Gasteiger partial charge < -0.3 is 13.6 Å². The molecule has 5 nitrogen and oxygen atoms in total. The maximum atomic E-state index is 11.8. The van der Waals surface area contributed by atoms with E-state index in [0.717, 1.165) is 0 Å². The fraction of sp³-hybridized carbons (Fsp3) is 0.538. The Kier molecular flexibility index (Phi) is 7.31. The van der Waals surface area contributed by atoms with E-state index in [1.807, 2.05) is 20.8 Å². The average molecular weight is 283 g/mol. The molecule has 0 aliphatic heterocycles. The molecule has 0 aliphatic carbocycles. The van der Waals surface area contributed by atoms with Crippen LogP contribution in [0.2, 0.25) is 5.54 Å². The minimum absolute atomic E-state index is 0.116. The summed E-state index contributed by atoms with van der Waals surface area (Å²) in [5.74, 6) is -0.338. The highest BCUT2D eigenvalue weighted by atomic mass is 28.3. The van der Waals surface area contributed by atoms with Crippen LogP contribution < -0.4 is 0 Å². The fourth-order valence-corrected chi connectivity index (χ4v) is 3.23. The van der Waals surface area contributed by atoms with Gasteiger partial charge in [-0.25, -0.2) is 4.79 Å². The molecule has 0 spiro atoms. The molecule has 1 atom stereocenters. The Labute approximate surface area is 115 Å². The number of nitrogens with zero attached hydrogens (tertiary/aromatic N) is 1. The number of rotatable bonds is 8. The van der Waals surface area contributed by atoms with Crippen molar-refractivity contribution in [3.05, 3.63) is 30.1 Å². The number of aromatic nitrogens is 1. The van der Waals surface area contributed by atoms with Crippen molar-refractivity contribution in [2.75, 3.05) is 19.8 Å². The first-order valence-electron chi connectivity index (χ1n) is 6.49. The average Bonchev–Trinajstić information content (AvgIpc) is 2.45. The topological polar surface area (TPSA) is 57.7 Å². The fourth-order valence-electron chi connectivity index (χ4n) is 1.56. The lowest BCUT2D eigenvalue weighted by atomic mass is 10.3. The lowest BCUT2D eigenvalue weighted by Crippen LogP contribution is -2.31. The molecule has 0 saturated heterocycles. The first-order chi connectivity index (χ1) is 9.19. The van der Waals surface area contributed by atoms with Crippen LogP contribution in [0.5, 0.6) is 0 Å². The number of ether oxygens (including phenoxy) is 1. The Hall–Kier alpha value is -1.24. The van der Waals surface area contributed by atoms with E-state index in [0.29, 0.717) is 25.4 Å². The molecule has 6 heteroatoms. The number of pyridine rings is 1. The van der Waals surface area contributed by atoms with E-state index < -0.39 is 9.28 Å². The Morgan fingerprint density at radius 3 is 2.37 bits per heavy atom. The lowest BCUT2D eigenvalue weighted by Gasteiger charge is -2.21. The molecule has 1 heterocycles. The summed E-state index contributed by atoms with van der Waals surface area (Å²) in [6, 6.07) is 3.26. The van der Waals surface area contributed by atoms with Crippen molar-refractivity contribution >= 4 is 15.3 Å². The number of esters is 1. The zero-order valence-corrected chi connectivity index (χ0v) is 12.8. The quantitative estimate of drug-likeness (QED) is 0.539. The zero-order chi connectivity index (χ0) is 14.1. The summed E-state index contributed by atoms with van der Waals surface area (Å²) in [5, 5.41) is 0. The van der Waals surface area contributed by atoms with Gasteiger partial charge in [0, 0.05) is 31.1 Å². The second kappa shape index (κ2) is 8.79. The molecule has 1 aromatic rings. The van der Waals surface area contributed by atoms with Gasteiger partial charge in [-0.2, -0.15) is 0 Å². The maximum absolute atomic E-state index is 11.8. The number of carbonyl (C=O) groups excluding carboxylic acids is 1. The van der Waals surface area contributed by atoms with Crippen molar-refractivity contribution in [2.45, 2.75) is 26.3 Å². The highest BCUT2D eigenvalue weighted by Gasteiger charge is 2.23. The Morgan fingerprint density at radius 2 is 1.84 bits per heavy atom. The summed E-state index contributed by atoms with van der Waals surface area (Å²) in [6.07, 6.45) is 3.13. The smallest absolute Gasteiger partial charge is 0.338 e. The van der Waals surface area contributed by atoms with E-state index in [4.69, 9.17) is 13.6 Å². The minimum atomic E-state index is -1.77. The van der Waals surface area contributed by atoms with E-state index in [9.17, 15) is 4.79 Å². The van der Waals surface area contributed by atoms with E-state index in [1.54, 1.807) is 24.5 Å². The number of hydrogen-bond acceptors (Lipinski definition) is 5. The summed E-state index contributed by atoms with van der Waals surface area (Å²) in [4.78, 5) is 15.6. The van der Waals surface area contributed by atoms with Crippen LogP contribution in [0.1, 0.15) is 31.1 Å². The van der Waals surface area contributed by atoms with E-state index in [2.05, 4.69) is 4.98 Å². The van der Waals surface area contributed by atoms with Gasteiger partial charge in [-0.05, 0) is 26.0 Å². The van der Waals surface area contributed by atoms with Gasteiger partial charge in [0.25, 0.3) is 0 Å². The third kappa shape index (κ3) is 5.50. The Morgan fingerprint density at radius 1 is 1.26 bits per heavy atom. The second-order valence-electron chi connectivity index (χ2n) is 4.09. The molecule has 0 fully saturated rings. The SMILES string of the molecule is CCO[SiH](OCC)C(C)COC(=O)c1ccncc1. The highest BCUT2D eigenvalue weighted by Crippen LogP contribution is 2.13. The zero-order valence-electron chi connectivity index (χ0n) is 11.7. The molecule has 0 aromatic carbocycles. The summed E-state index contributed by atoms with van der Waals surface area (Å²) in [5.41, 5.74) is 0.624. The van der Waals surface area contributed by atoms with Crippen molar-refractivity contribution in [3.63, 3.8) is 0 Å². The van der Waals surface area contributed by atoms with E-state index >= 15 is 0 Å². The van der Waals surface area contributed by atoms with Gasteiger partial charge in [0.2, 0.25) is 0 Å². The second-order valence-corrected chi connectivity index (χ2v) is 6.63. The summed E-state index contributed by atoms with van der Waals surface area (Å²) >= 11 is 0. The third-order valence-electron chi connectivity index (χ3n) is 2.52. The van der Waals surface area contributed by atoms with Gasteiger partial charge in [0.1, 0.15) is 0 Å². The molecule has 1 rings (SSSR count). The molecule has 106 valence electrons. The van der Waals surface area contributed by atoms with Crippen LogP contribution in [0.25, 0.3) is 0 Å². The van der Waals surface area contributed by atoms with E-state index in [-0.39, 0.29) is 11.5 Å². The standard InChI is InChI=1S/C13H21NO4Si/c1-4-17-19(18-5-2)11(3)10-16-13(15)12-6-8-14-9-7-12/h6-9,11,19H,4-5,10H2,1-3H3. The van der Waals surface area contributed by atoms with Gasteiger partial charge >= 0.3 is 15.3 Å². The molecule has 1 aromatic heterocycles. The molecule has 0 bridgehead atoms. The van der Waals surface area contributed by atoms with Gasteiger partial charge in [0.05, 0.1) is 12.2 Å². The summed E-state index contributed by atoms with van der Waals surface area (Å²) in [6.45, 7) is 7.43. The number of carbonyl (C=O) groups is 1. The Balaban J connectivity index is 2.44. The molecule has 0 aliphatic rings. The number of hydrogen-bond donors (Lipinski definition) is 0. The van der Waals surface area contributed by atoms with Gasteiger partial charge in [-0.15, -0.1) is 0 Å². The van der Waals surface area contributed by atoms with Crippen LogP contribution in [0.4, 0.5) is 0 Å². The predicted octanol–water partition coefficient (Wildman–Crippen LogP) is 1.92. The summed E-state index contributed by atoms with van der Waals surface area (Å²) < 4.78 is 16.5. The van der Waals surface area contributed by atoms with Crippen LogP contribution in [0.15, 0.2) is 24.5 Å². The molecular weight excluding hydrogens is 262 g/mol. The molecule has 1 unspecified atom stereocenters. The van der Waals surface area contributed by atoms with Gasteiger partial charge in [-0.3, -0.25) is 4.98 Å². The first kappa shape index (κ1) is 15.8. The molecule has 0 amide bonds. The highest BCUT2D eigenvalue weighted by molar-refractivity contribution is 6.46. The van der Waals surface area contributed by atoms with Gasteiger partial charge in [-0.1, -0.05) is 6.92 Å². The van der Waals surface area contributed by atoms with Crippen molar-refractivity contribution in [1.82, 2.24) is 4.98 Å². The van der Waals surface area contributed by atoms with Crippen LogP contribution in [0, 0.1) is 0 Å². The monoisotopic (exact) mass is 283 g/mol. The summed E-state index contributed by atoms with van der Waals surface area (Å²) in [7, 11) is -1.77. The van der Waals surface area contributed by atoms with E-state index in [1.165, 1.54) is 0 Å². The van der Waals surface area contributed by atoms with Crippen molar-refractivity contribution in [3.8, 4) is 0 Å². The van der Waals surface area contributed by atoms with Crippen LogP contribution in [-0.4, -0.2) is 40.1 Å². The van der Waals surface area contributed by atoms with Crippen molar-refractivity contribution in [1.29, 1.82) is 0 Å². The van der Waals surface area contributed by atoms with Crippen molar-refractivity contribution in [2.24, 2.45) is 0 Å². The van der Waals surface area contributed by atoms with Gasteiger partial charge in [0.15, 0.2) is 0 Å². The predicted molar refractivity (Wildman–Crippen MR) is 74.3 cm³/mol. The lowest BCUT2D eigenvalue weighted by molar-refractivity contribution is 0.0488. The molecular formula is C13H21NO4Si. The molecule has 0 radical (unpaired) electrons. The molecule has 0 N–H and O–H groups in total. The van der Waals surface area contributed by atoms with Crippen LogP contribution in [-0.2, 0) is 13.6 Å². The normalized spacial score (nSPS) is 12.4. The van der Waals surface area contributed by atoms with Crippen LogP contribution >= 0.6 is 0 Å². The maximum Gasteiger partial charge on any atom is 0.338 e.